The number of non-ortho nitro benzene ring substituents is 1. The highest BCUT2D eigenvalue weighted by molar-refractivity contribution is 5.98. The maximum atomic E-state index is 13.6. The number of hydrogen-bond acceptors (Lipinski definition) is 6. The second-order valence-electron chi connectivity index (χ2n) is 6.53. The molecule has 0 aromatic heterocycles. The van der Waals surface area contributed by atoms with Gasteiger partial charge in [-0.2, -0.15) is 0 Å². The molecular formula is C20H20FN3O6. The second kappa shape index (κ2) is 9.59. The van der Waals surface area contributed by atoms with Crippen molar-refractivity contribution in [1.82, 2.24) is 5.32 Å². The molecule has 0 saturated heterocycles. The molecule has 0 aliphatic carbocycles. The molecule has 0 spiro atoms. The van der Waals surface area contributed by atoms with Crippen LogP contribution in [-0.4, -0.2) is 34.9 Å². The number of benzene rings is 2. The number of nitro groups is 1. The van der Waals surface area contributed by atoms with E-state index in [1.54, 1.807) is 6.92 Å². The van der Waals surface area contributed by atoms with E-state index in [1.807, 2.05) is 0 Å². The highest BCUT2D eigenvalue weighted by Gasteiger charge is 2.24. The first kappa shape index (κ1) is 22.5. The van der Waals surface area contributed by atoms with Gasteiger partial charge in [-0.15, -0.1) is 0 Å². The maximum Gasteiger partial charge on any atom is 0.329 e. The van der Waals surface area contributed by atoms with Gasteiger partial charge in [-0.05, 0) is 44.5 Å². The molecular weight excluding hydrogens is 397 g/mol. The molecule has 2 amide bonds. The van der Waals surface area contributed by atoms with Crippen LogP contribution in [0, 0.1) is 22.9 Å². The van der Waals surface area contributed by atoms with E-state index in [0.29, 0.717) is 5.56 Å². The van der Waals surface area contributed by atoms with Gasteiger partial charge in [0.15, 0.2) is 6.10 Å². The van der Waals surface area contributed by atoms with Gasteiger partial charge in [0.2, 0.25) is 0 Å². The molecule has 2 atom stereocenters. The third kappa shape index (κ3) is 5.84. The van der Waals surface area contributed by atoms with Gasteiger partial charge in [-0.1, -0.05) is 12.1 Å². The fourth-order valence-corrected chi connectivity index (χ4v) is 2.34. The van der Waals surface area contributed by atoms with Crippen LogP contribution in [0.2, 0.25) is 0 Å². The van der Waals surface area contributed by atoms with Gasteiger partial charge in [0.05, 0.1) is 4.92 Å². The molecule has 0 aliphatic heterocycles. The van der Waals surface area contributed by atoms with Crippen LogP contribution in [0.1, 0.15) is 29.8 Å². The van der Waals surface area contributed by atoms with E-state index in [0.717, 1.165) is 12.1 Å². The number of nitrogens with zero attached hydrogens (tertiary/aromatic N) is 1. The molecule has 2 rings (SSSR count). The number of rotatable bonds is 7. The largest absolute Gasteiger partial charge is 0.451 e. The average Bonchev–Trinajstić information content (AvgIpc) is 2.70. The summed E-state index contributed by atoms with van der Waals surface area (Å²) in [5.74, 6) is -2.76. The molecule has 2 aromatic carbocycles. The first-order chi connectivity index (χ1) is 14.1. The van der Waals surface area contributed by atoms with Crippen molar-refractivity contribution in [2.75, 3.05) is 5.32 Å². The Hall–Kier alpha value is -3.82. The van der Waals surface area contributed by atoms with Gasteiger partial charge in [0, 0.05) is 23.4 Å². The van der Waals surface area contributed by atoms with Crippen molar-refractivity contribution < 1.29 is 28.4 Å². The third-order valence-corrected chi connectivity index (χ3v) is 4.12. The van der Waals surface area contributed by atoms with E-state index in [-0.39, 0.29) is 16.9 Å². The first-order valence-electron chi connectivity index (χ1n) is 8.91. The lowest BCUT2D eigenvalue weighted by Gasteiger charge is -2.17. The SMILES string of the molecule is Cc1ccc(NC(=O)[C@H](C)OC(=O)[C@H](C)NC(=O)c2cccc([N+](=O)[O-])c2)cc1F. The van der Waals surface area contributed by atoms with Crippen LogP contribution < -0.4 is 10.6 Å². The van der Waals surface area contributed by atoms with E-state index in [9.17, 15) is 28.9 Å². The van der Waals surface area contributed by atoms with Gasteiger partial charge < -0.3 is 15.4 Å². The summed E-state index contributed by atoms with van der Waals surface area (Å²) in [6.45, 7) is 4.25. The Morgan fingerprint density at radius 1 is 1.13 bits per heavy atom. The fraction of sp³-hybridized carbons (Fsp3) is 0.250. The Bertz CT molecular complexity index is 994. The Morgan fingerprint density at radius 3 is 2.47 bits per heavy atom. The average molecular weight is 417 g/mol. The van der Waals surface area contributed by atoms with E-state index in [4.69, 9.17) is 4.74 Å². The van der Waals surface area contributed by atoms with Gasteiger partial charge in [0.1, 0.15) is 11.9 Å². The summed E-state index contributed by atoms with van der Waals surface area (Å²) in [6, 6.07) is 8.03. The quantitative estimate of drug-likeness (QED) is 0.405. The van der Waals surface area contributed by atoms with Crippen molar-refractivity contribution >= 4 is 29.2 Å². The minimum absolute atomic E-state index is 0.00367. The summed E-state index contributed by atoms with van der Waals surface area (Å²) in [7, 11) is 0. The zero-order valence-electron chi connectivity index (χ0n) is 16.5. The van der Waals surface area contributed by atoms with Crippen molar-refractivity contribution in [1.29, 1.82) is 0 Å². The lowest BCUT2D eigenvalue weighted by molar-refractivity contribution is -0.384. The predicted octanol–water partition coefficient (Wildman–Crippen LogP) is 2.73. The van der Waals surface area contributed by atoms with Crippen LogP contribution in [0.3, 0.4) is 0 Å². The zero-order chi connectivity index (χ0) is 22.4. The van der Waals surface area contributed by atoms with E-state index in [1.165, 1.54) is 44.2 Å². The number of halogens is 1. The third-order valence-electron chi connectivity index (χ3n) is 4.12. The zero-order valence-corrected chi connectivity index (χ0v) is 16.5. The van der Waals surface area contributed by atoms with Crippen molar-refractivity contribution in [2.24, 2.45) is 0 Å². The topological polar surface area (TPSA) is 128 Å². The van der Waals surface area contributed by atoms with Gasteiger partial charge in [-0.3, -0.25) is 19.7 Å². The molecule has 9 nitrogen and oxygen atoms in total. The van der Waals surface area contributed by atoms with Crippen LogP contribution in [0.25, 0.3) is 0 Å². The molecule has 0 heterocycles. The summed E-state index contributed by atoms with van der Waals surface area (Å²) in [5.41, 5.74) is 0.352. The molecule has 30 heavy (non-hydrogen) atoms. The van der Waals surface area contributed by atoms with E-state index >= 15 is 0 Å². The number of carbonyl (C=O) groups is 3. The van der Waals surface area contributed by atoms with Crippen LogP contribution in [0.4, 0.5) is 15.8 Å². The molecule has 0 bridgehead atoms. The lowest BCUT2D eigenvalue weighted by atomic mass is 10.2. The Kier molecular flexibility index (Phi) is 7.18. The fourth-order valence-electron chi connectivity index (χ4n) is 2.34. The summed E-state index contributed by atoms with van der Waals surface area (Å²) in [6.07, 6.45) is -1.21. The Labute approximate surface area is 171 Å². The van der Waals surface area contributed by atoms with Crippen LogP contribution in [0.5, 0.6) is 0 Å². The highest BCUT2D eigenvalue weighted by atomic mass is 19.1. The number of carbonyl (C=O) groups excluding carboxylic acids is 3. The molecule has 0 aliphatic rings. The molecule has 10 heteroatoms. The predicted molar refractivity (Wildman–Crippen MR) is 105 cm³/mol. The summed E-state index contributed by atoms with van der Waals surface area (Å²) in [5, 5.41) is 15.6. The minimum atomic E-state index is -1.21. The van der Waals surface area contributed by atoms with Crippen LogP contribution in [-0.2, 0) is 14.3 Å². The number of aryl methyl sites for hydroxylation is 1. The molecule has 0 radical (unpaired) electrons. The van der Waals surface area contributed by atoms with Crippen molar-refractivity contribution in [3.63, 3.8) is 0 Å². The van der Waals surface area contributed by atoms with Crippen LogP contribution >= 0.6 is 0 Å². The first-order valence-corrected chi connectivity index (χ1v) is 8.91. The minimum Gasteiger partial charge on any atom is -0.451 e. The Balaban J connectivity index is 1.93. The highest BCUT2D eigenvalue weighted by Crippen LogP contribution is 2.15. The molecule has 158 valence electrons. The number of anilines is 1. The van der Waals surface area contributed by atoms with Crippen molar-refractivity contribution in [3.05, 3.63) is 69.5 Å². The number of nitrogens with one attached hydrogen (secondary N) is 2. The maximum absolute atomic E-state index is 13.6. The van der Waals surface area contributed by atoms with Gasteiger partial charge in [-0.25, -0.2) is 9.18 Å². The molecule has 2 N–H and O–H groups in total. The van der Waals surface area contributed by atoms with Crippen LogP contribution in [0.15, 0.2) is 42.5 Å². The van der Waals surface area contributed by atoms with Crippen molar-refractivity contribution in [3.8, 4) is 0 Å². The molecule has 0 fully saturated rings. The number of ether oxygens (including phenoxy) is 1. The summed E-state index contributed by atoms with van der Waals surface area (Å²) >= 11 is 0. The Morgan fingerprint density at radius 2 is 1.83 bits per heavy atom. The number of hydrogen-bond donors (Lipinski definition) is 2. The van der Waals surface area contributed by atoms with E-state index in [2.05, 4.69) is 10.6 Å². The smallest absolute Gasteiger partial charge is 0.329 e. The lowest BCUT2D eigenvalue weighted by Crippen LogP contribution is -2.42. The van der Waals surface area contributed by atoms with Crippen molar-refractivity contribution in [2.45, 2.75) is 32.9 Å². The number of nitro benzene ring substituents is 1. The van der Waals surface area contributed by atoms with Gasteiger partial charge >= 0.3 is 5.97 Å². The molecule has 0 unspecified atom stereocenters. The monoisotopic (exact) mass is 417 g/mol. The molecule has 2 aromatic rings. The summed E-state index contributed by atoms with van der Waals surface area (Å²) in [4.78, 5) is 46.7. The van der Waals surface area contributed by atoms with Gasteiger partial charge in [0.25, 0.3) is 17.5 Å². The normalized spacial score (nSPS) is 12.4. The standard InChI is InChI=1S/C20H20FN3O6/c1-11-7-8-15(10-17(11)21)23-18(25)13(3)30-20(27)12(2)22-19(26)14-5-4-6-16(9-14)24(28)29/h4-10,12-13H,1-3H3,(H,22,26)(H,23,25)/t12-,13-/m0/s1. The number of amides is 2. The molecule has 0 saturated carbocycles. The summed E-state index contributed by atoms with van der Waals surface area (Å²) < 4.78 is 18.6. The number of esters is 1. The van der Waals surface area contributed by atoms with E-state index < -0.39 is 40.7 Å². The second-order valence-corrected chi connectivity index (χ2v) is 6.53.